The van der Waals surface area contributed by atoms with Crippen molar-refractivity contribution in [1.82, 2.24) is 9.97 Å². The number of anilines is 3. The summed E-state index contributed by atoms with van der Waals surface area (Å²) in [6.07, 6.45) is 1.91. The Morgan fingerprint density at radius 2 is 2.00 bits per heavy atom. The first-order valence-corrected chi connectivity index (χ1v) is 9.17. The summed E-state index contributed by atoms with van der Waals surface area (Å²) in [6, 6.07) is 18.9. The molecule has 1 aromatic heterocycles. The Morgan fingerprint density at radius 3 is 2.86 bits per heavy atom. The molecular formula is C22H19N5O. The molecular weight excluding hydrogens is 350 g/mol. The second kappa shape index (κ2) is 7.49. The van der Waals surface area contributed by atoms with Gasteiger partial charge in [0.2, 0.25) is 0 Å². The van der Waals surface area contributed by atoms with E-state index in [2.05, 4.69) is 27.4 Å². The third-order valence-corrected chi connectivity index (χ3v) is 4.68. The molecule has 1 amide bonds. The summed E-state index contributed by atoms with van der Waals surface area (Å²) in [6.45, 7) is 2.43. The van der Waals surface area contributed by atoms with Gasteiger partial charge in [-0.2, -0.15) is 5.26 Å². The lowest BCUT2D eigenvalue weighted by Gasteiger charge is -2.29. The number of carbonyl (C=O) groups excluding carboxylic acids is 1. The number of carbonyl (C=O) groups is 1. The quantitative estimate of drug-likeness (QED) is 0.755. The van der Waals surface area contributed by atoms with Crippen molar-refractivity contribution in [1.29, 1.82) is 5.26 Å². The maximum absolute atomic E-state index is 13.2. The largest absolute Gasteiger partial charge is 0.340 e. The number of nitrogens with one attached hydrogen (secondary N) is 1. The van der Waals surface area contributed by atoms with Crippen molar-refractivity contribution in [3.8, 4) is 6.07 Å². The molecule has 0 aliphatic carbocycles. The summed E-state index contributed by atoms with van der Waals surface area (Å²) in [5.74, 6) is 0.901. The molecule has 0 saturated heterocycles. The number of nitriles is 1. The highest BCUT2D eigenvalue weighted by molar-refractivity contribution is 6.05. The Hall–Kier alpha value is -3.72. The van der Waals surface area contributed by atoms with Gasteiger partial charge < -0.3 is 10.2 Å². The molecule has 2 heterocycles. The molecule has 0 saturated carbocycles. The van der Waals surface area contributed by atoms with E-state index >= 15 is 0 Å². The van der Waals surface area contributed by atoms with Crippen molar-refractivity contribution in [2.24, 2.45) is 0 Å². The molecule has 4 rings (SSSR count). The van der Waals surface area contributed by atoms with Crippen molar-refractivity contribution in [2.45, 2.75) is 19.8 Å². The van der Waals surface area contributed by atoms with Crippen LogP contribution in [-0.4, -0.2) is 22.4 Å². The number of hydrogen-bond acceptors (Lipinski definition) is 5. The number of fused-ring (bicyclic) bond motifs is 1. The number of nitrogens with zero attached hydrogens (tertiary/aromatic N) is 4. The second-order valence-corrected chi connectivity index (χ2v) is 6.69. The van der Waals surface area contributed by atoms with E-state index in [-0.39, 0.29) is 5.91 Å². The first kappa shape index (κ1) is 17.7. The number of rotatable bonds is 3. The standard InChI is InChI=1S/C22H19N5O/c1-15-24-19(13-21(25-15)26-18-9-4-6-16(12-18)14-23)22(28)27-11-5-8-17-7-2-3-10-20(17)27/h2-4,6-7,9-10,12-13H,5,8,11H2,1H3,(H,24,25,26). The van der Waals surface area contributed by atoms with Crippen LogP contribution in [-0.2, 0) is 6.42 Å². The zero-order valence-electron chi connectivity index (χ0n) is 15.5. The highest BCUT2D eigenvalue weighted by Crippen LogP contribution is 2.28. The molecule has 1 aliphatic heterocycles. The van der Waals surface area contributed by atoms with Crippen LogP contribution < -0.4 is 10.2 Å². The molecule has 1 aliphatic rings. The molecule has 0 radical (unpaired) electrons. The van der Waals surface area contributed by atoms with Gasteiger partial charge in [0.25, 0.3) is 5.91 Å². The molecule has 0 atom stereocenters. The maximum atomic E-state index is 13.2. The minimum Gasteiger partial charge on any atom is -0.340 e. The lowest BCUT2D eigenvalue weighted by molar-refractivity contribution is 0.0980. The number of amides is 1. The van der Waals surface area contributed by atoms with E-state index < -0.39 is 0 Å². The van der Waals surface area contributed by atoms with Gasteiger partial charge in [-0.1, -0.05) is 24.3 Å². The third kappa shape index (κ3) is 3.55. The molecule has 28 heavy (non-hydrogen) atoms. The molecule has 2 aromatic carbocycles. The topological polar surface area (TPSA) is 81.9 Å². The first-order valence-electron chi connectivity index (χ1n) is 9.17. The monoisotopic (exact) mass is 369 g/mol. The summed E-state index contributed by atoms with van der Waals surface area (Å²) in [7, 11) is 0. The van der Waals surface area contributed by atoms with E-state index in [0.717, 1.165) is 24.2 Å². The number of aryl methyl sites for hydroxylation is 2. The summed E-state index contributed by atoms with van der Waals surface area (Å²) in [4.78, 5) is 23.7. The number of hydrogen-bond donors (Lipinski definition) is 1. The van der Waals surface area contributed by atoms with Gasteiger partial charge in [0.15, 0.2) is 0 Å². The summed E-state index contributed by atoms with van der Waals surface area (Å²) < 4.78 is 0. The van der Waals surface area contributed by atoms with Gasteiger partial charge >= 0.3 is 0 Å². The van der Waals surface area contributed by atoms with E-state index in [9.17, 15) is 4.79 Å². The minimum atomic E-state index is -0.133. The van der Waals surface area contributed by atoms with E-state index in [4.69, 9.17) is 5.26 Å². The minimum absolute atomic E-state index is 0.133. The summed E-state index contributed by atoms with van der Waals surface area (Å²) in [5, 5.41) is 12.2. The normalized spacial score (nSPS) is 12.8. The zero-order chi connectivity index (χ0) is 19.5. The van der Waals surface area contributed by atoms with Crippen molar-refractivity contribution in [3.05, 3.63) is 77.2 Å². The van der Waals surface area contributed by atoms with Crippen molar-refractivity contribution in [2.75, 3.05) is 16.8 Å². The smallest absolute Gasteiger partial charge is 0.277 e. The van der Waals surface area contributed by atoms with Gasteiger partial charge in [-0.05, 0) is 49.6 Å². The fourth-order valence-corrected chi connectivity index (χ4v) is 3.44. The first-order chi connectivity index (χ1) is 13.6. The Morgan fingerprint density at radius 1 is 1.14 bits per heavy atom. The molecule has 3 aromatic rings. The Kier molecular flexibility index (Phi) is 4.73. The third-order valence-electron chi connectivity index (χ3n) is 4.68. The SMILES string of the molecule is Cc1nc(Nc2cccc(C#N)c2)cc(C(=O)N2CCCc3ccccc32)n1. The van der Waals surface area contributed by atoms with Crippen LogP contribution in [0.1, 0.15) is 33.9 Å². The fraction of sp³-hybridized carbons (Fsp3) is 0.182. The van der Waals surface area contributed by atoms with Crippen LogP contribution in [0.5, 0.6) is 0 Å². The van der Waals surface area contributed by atoms with Gasteiger partial charge in [-0.25, -0.2) is 9.97 Å². The van der Waals surface area contributed by atoms with Crippen LogP contribution in [0.3, 0.4) is 0 Å². The Balaban J connectivity index is 1.64. The van der Waals surface area contributed by atoms with Crippen LogP contribution in [0.15, 0.2) is 54.6 Å². The molecule has 0 unspecified atom stereocenters. The van der Waals surface area contributed by atoms with Gasteiger partial charge in [-0.15, -0.1) is 0 Å². The molecule has 0 spiro atoms. The van der Waals surface area contributed by atoms with Crippen LogP contribution in [0.25, 0.3) is 0 Å². The van der Waals surface area contributed by atoms with E-state index in [0.29, 0.717) is 29.4 Å². The number of para-hydroxylation sites is 1. The second-order valence-electron chi connectivity index (χ2n) is 6.69. The van der Waals surface area contributed by atoms with E-state index in [1.165, 1.54) is 5.56 Å². The molecule has 138 valence electrons. The van der Waals surface area contributed by atoms with Crippen LogP contribution in [0.4, 0.5) is 17.2 Å². The van der Waals surface area contributed by atoms with Crippen molar-refractivity contribution in [3.63, 3.8) is 0 Å². The highest BCUT2D eigenvalue weighted by atomic mass is 16.2. The molecule has 6 nitrogen and oxygen atoms in total. The van der Waals surface area contributed by atoms with Crippen LogP contribution >= 0.6 is 0 Å². The lowest BCUT2D eigenvalue weighted by Crippen LogP contribution is -2.36. The maximum Gasteiger partial charge on any atom is 0.277 e. The fourth-order valence-electron chi connectivity index (χ4n) is 3.44. The molecule has 1 N–H and O–H groups in total. The predicted molar refractivity (Wildman–Crippen MR) is 108 cm³/mol. The Labute approximate surface area is 163 Å². The Bertz CT molecular complexity index is 1090. The number of aromatic nitrogens is 2. The lowest BCUT2D eigenvalue weighted by atomic mass is 10.0. The predicted octanol–water partition coefficient (Wildman–Crippen LogP) is 3.99. The number of benzene rings is 2. The summed E-state index contributed by atoms with van der Waals surface area (Å²) in [5.41, 5.74) is 3.77. The average Bonchev–Trinajstić information content (AvgIpc) is 2.72. The van der Waals surface area contributed by atoms with Gasteiger partial charge in [0, 0.05) is 24.0 Å². The highest BCUT2D eigenvalue weighted by Gasteiger charge is 2.24. The van der Waals surface area contributed by atoms with Gasteiger partial charge in [0.1, 0.15) is 17.3 Å². The van der Waals surface area contributed by atoms with Crippen molar-refractivity contribution < 1.29 is 4.79 Å². The summed E-state index contributed by atoms with van der Waals surface area (Å²) >= 11 is 0. The van der Waals surface area contributed by atoms with E-state index in [1.807, 2.05) is 24.3 Å². The van der Waals surface area contributed by atoms with Crippen LogP contribution in [0.2, 0.25) is 0 Å². The zero-order valence-corrected chi connectivity index (χ0v) is 15.5. The molecule has 0 bridgehead atoms. The van der Waals surface area contributed by atoms with Crippen molar-refractivity contribution >= 4 is 23.1 Å². The van der Waals surface area contributed by atoms with E-state index in [1.54, 1.807) is 36.1 Å². The molecule has 6 heteroatoms. The molecule has 0 fully saturated rings. The van der Waals surface area contributed by atoms with Gasteiger partial charge in [0.05, 0.1) is 11.6 Å². The average molecular weight is 369 g/mol. The van der Waals surface area contributed by atoms with Gasteiger partial charge in [-0.3, -0.25) is 4.79 Å². The van der Waals surface area contributed by atoms with Crippen LogP contribution in [0, 0.1) is 18.3 Å².